The van der Waals surface area contributed by atoms with Crippen LogP contribution < -0.4 is 0 Å². The minimum absolute atomic E-state index is 0.00802. The summed E-state index contributed by atoms with van der Waals surface area (Å²) in [6, 6.07) is 13.5. The maximum Gasteiger partial charge on any atom is 0.130 e. The Hall–Kier alpha value is -2.08. The Bertz CT molecular complexity index is 919. The van der Waals surface area contributed by atoms with Gasteiger partial charge in [-0.3, -0.25) is 0 Å². The maximum atomic E-state index is 10.6. The third-order valence-electron chi connectivity index (χ3n) is 6.80. The number of aryl methyl sites for hydroxylation is 3. The number of aliphatic hydroxyl groups is 1. The molecule has 1 aliphatic rings. The highest BCUT2D eigenvalue weighted by atomic mass is 16.5. The van der Waals surface area contributed by atoms with Crippen molar-refractivity contribution >= 4 is 0 Å². The van der Waals surface area contributed by atoms with Crippen LogP contribution in [0, 0.1) is 32.6 Å². The van der Waals surface area contributed by atoms with E-state index in [2.05, 4.69) is 82.9 Å². The second kappa shape index (κ2) is 8.74. The average molecular weight is 391 g/mol. The van der Waals surface area contributed by atoms with Crippen molar-refractivity contribution in [2.24, 2.45) is 0 Å². The van der Waals surface area contributed by atoms with Crippen LogP contribution in [0.2, 0.25) is 0 Å². The molecule has 0 radical (unpaired) electrons. The first-order valence-corrected chi connectivity index (χ1v) is 10.9. The summed E-state index contributed by atoms with van der Waals surface area (Å²) in [5, 5.41) is 10.6. The molecule has 0 amide bonds. The van der Waals surface area contributed by atoms with E-state index >= 15 is 0 Å². The van der Waals surface area contributed by atoms with Gasteiger partial charge in [0.25, 0.3) is 0 Å². The Kier molecular flexibility index (Phi) is 6.52. The summed E-state index contributed by atoms with van der Waals surface area (Å²) in [7, 11) is 0. The lowest BCUT2D eigenvalue weighted by atomic mass is 9.69. The van der Waals surface area contributed by atoms with Crippen LogP contribution in [-0.2, 0) is 10.2 Å². The summed E-state index contributed by atoms with van der Waals surface area (Å²) < 4.78 is 5.35. The topological polar surface area (TPSA) is 29.5 Å². The molecule has 0 bridgehead atoms. The number of hydrogen-bond donors (Lipinski definition) is 1. The molecule has 0 unspecified atom stereocenters. The Morgan fingerprint density at radius 3 is 2.03 bits per heavy atom. The van der Waals surface area contributed by atoms with Crippen molar-refractivity contribution in [3.8, 4) is 11.8 Å². The molecule has 1 aliphatic heterocycles. The average Bonchev–Trinajstić information content (AvgIpc) is 2.72. The van der Waals surface area contributed by atoms with Crippen LogP contribution in [0.1, 0.15) is 72.9 Å². The second-order valence-electron chi connectivity index (χ2n) is 8.51. The fraction of sp³-hybridized carbons (Fsp3) is 0.481. The highest BCUT2D eigenvalue weighted by Crippen LogP contribution is 2.40. The molecule has 1 N–H and O–H groups in total. The molecule has 0 atom stereocenters. The van der Waals surface area contributed by atoms with E-state index < -0.39 is 5.60 Å². The number of hydrogen-bond acceptors (Lipinski definition) is 2. The molecule has 1 fully saturated rings. The molecule has 29 heavy (non-hydrogen) atoms. The van der Waals surface area contributed by atoms with Crippen LogP contribution in [0.25, 0.3) is 0 Å². The van der Waals surface area contributed by atoms with Crippen molar-refractivity contribution in [3.63, 3.8) is 0 Å². The Labute approximate surface area is 176 Å². The van der Waals surface area contributed by atoms with E-state index in [1.165, 1.54) is 27.8 Å². The molecule has 0 spiro atoms. The zero-order valence-corrected chi connectivity index (χ0v) is 18.6. The van der Waals surface area contributed by atoms with E-state index in [-0.39, 0.29) is 5.41 Å². The minimum atomic E-state index is -0.917. The third-order valence-corrected chi connectivity index (χ3v) is 6.80. The van der Waals surface area contributed by atoms with Crippen molar-refractivity contribution < 1.29 is 9.84 Å². The molecular formula is C27H34O2. The van der Waals surface area contributed by atoms with Gasteiger partial charge in [-0.2, -0.15) is 0 Å². The first-order valence-electron chi connectivity index (χ1n) is 10.9. The van der Waals surface area contributed by atoms with Gasteiger partial charge in [0.2, 0.25) is 0 Å². The summed E-state index contributed by atoms with van der Waals surface area (Å²) in [4.78, 5) is 0. The van der Waals surface area contributed by atoms with E-state index in [9.17, 15) is 5.11 Å². The van der Waals surface area contributed by atoms with E-state index in [0.717, 1.165) is 18.4 Å². The molecule has 3 rings (SSSR count). The lowest BCUT2D eigenvalue weighted by Crippen LogP contribution is -2.34. The molecule has 2 heteroatoms. The predicted octanol–water partition coefficient (Wildman–Crippen LogP) is 5.61. The van der Waals surface area contributed by atoms with E-state index in [1.54, 1.807) is 0 Å². The molecule has 0 aliphatic carbocycles. The van der Waals surface area contributed by atoms with Crippen LogP contribution >= 0.6 is 0 Å². The van der Waals surface area contributed by atoms with E-state index in [0.29, 0.717) is 26.1 Å². The van der Waals surface area contributed by atoms with Crippen LogP contribution in [0.15, 0.2) is 36.4 Å². The van der Waals surface area contributed by atoms with Crippen molar-refractivity contribution in [2.75, 3.05) is 13.2 Å². The van der Waals surface area contributed by atoms with Crippen molar-refractivity contribution in [2.45, 2.75) is 71.3 Å². The smallest absolute Gasteiger partial charge is 0.130 e. The van der Waals surface area contributed by atoms with Crippen LogP contribution in [0.5, 0.6) is 0 Å². The first-order chi connectivity index (χ1) is 13.8. The van der Waals surface area contributed by atoms with Gasteiger partial charge >= 0.3 is 0 Å². The third kappa shape index (κ3) is 4.42. The monoisotopic (exact) mass is 390 g/mol. The lowest BCUT2D eigenvalue weighted by molar-refractivity contribution is -0.0261. The Morgan fingerprint density at radius 2 is 1.48 bits per heavy atom. The molecular weight excluding hydrogens is 356 g/mol. The van der Waals surface area contributed by atoms with Gasteiger partial charge in [-0.15, -0.1) is 0 Å². The number of ether oxygens (including phenoxy) is 1. The fourth-order valence-electron chi connectivity index (χ4n) is 4.39. The SMILES string of the molecule is CCC(CC)(c1ccc(C)c(C)c1)c1ccc(C#CC2(O)CCOCC2)c(C)c1. The second-order valence-corrected chi connectivity index (χ2v) is 8.51. The zero-order valence-electron chi connectivity index (χ0n) is 18.6. The van der Waals surface area contributed by atoms with Crippen LogP contribution in [-0.4, -0.2) is 23.9 Å². The van der Waals surface area contributed by atoms with Crippen molar-refractivity contribution in [3.05, 3.63) is 69.8 Å². The van der Waals surface area contributed by atoms with Gasteiger partial charge in [0, 0.05) is 23.8 Å². The summed E-state index contributed by atoms with van der Waals surface area (Å²) in [6.07, 6.45) is 3.27. The normalized spacial score (nSPS) is 16.2. The van der Waals surface area contributed by atoms with Gasteiger partial charge in [-0.05, 0) is 67.5 Å². The van der Waals surface area contributed by atoms with Gasteiger partial charge in [0.05, 0.1) is 13.2 Å². The van der Waals surface area contributed by atoms with Gasteiger partial charge in [0.15, 0.2) is 0 Å². The zero-order chi connectivity index (χ0) is 21.1. The Balaban J connectivity index is 1.97. The molecule has 0 aromatic heterocycles. The van der Waals surface area contributed by atoms with E-state index in [4.69, 9.17) is 4.74 Å². The standard InChI is InChI=1S/C27H34O2/c1-6-27(7-2,24-10-8-20(3)21(4)18-24)25-11-9-23(22(5)19-25)12-13-26(28)14-16-29-17-15-26/h8-11,18-19,28H,6-7,14-17H2,1-5H3. The molecule has 2 aromatic rings. The number of benzene rings is 2. The first kappa shape index (κ1) is 21.6. The fourth-order valence-corrected chi connectivity index (χ4v) is 4.39. The van der Waals surface area contributed by atoms with Crippen molar-refractivity contribution in [1.82, 2.24) is 0 Å². The highest BCUT2D eigenvalue weighted by molar-refractivity contribution is 5.49. The quantitative estimate of drug-likeness (QED) is 0.688. The summed E-state index contributed by atoms with van der Waals surface area (Å²) >= 11 is 0. The molecule has 1 heterocycles. The minimum Gasteiger partial charge on any atom is -0.381 e. The van der Waals surface area contributed by atoms with Gasteiger partial charge < -0.3 is 9.84 Å². The van der Waals surface area contributed by atoms with E-state index in [1.807, 2.05) is 0 Å². The van der Waals surface area contributed by atoms with Gasteiger partial charge in [-0.25, -0.2) is 0 Å². The summed E-state index contributed by atoms with van der Waals surface area (Å²) in [6.45, 7) is 12.2. The predicted molar refractivity (Wildman–Crippen MR) is 120 cm³/mol. The molecule has 1 saturated heterocycles. The van der Waals surface area contributed by atoms with Gasteiger partial charge in [0.1, 0.15) is 5.60 Å². The molecule has 2 aromatic carbocycles. The summed E-state index contributed by atoms with van der Waals surface area (Å²) in [5.41, 5.74) is 6.67. The lowest BCUT2D eigenvalue weighted by Gasteiger charge is -2.34. The molecule has 0 saturated carbocycles. The van der Waals surface area contributed by atoms with Crippen LogP contribution in [0.3, 0.4) is 0 Å². The van der Waals surface area contributed by atoms with Gasteiger partial charge in [-0.1, -0.05) is 56.0 Å². The number of rotatable bonds is 4. The Morgan fingerprint density at radius 1 is 0.897 bits per heavy atom. The largest absolute Gasteiger partial charge is 0.381 e. The highest BCUT2D eigenvalue weighted by Gasteiger charge is 2.31. The van der Waals surface area contributed by atoms with Crippen molar-refractivity contribution in [1.29, 1.82) is 0 Å². The molecule has 154 valence electrons. The summed E-state index contributed by atoms with van der Waals surface area (Å²) in [5.74, 6) is 6.35. The maximum absolute atomic E-state index is 10.6. The molecule has 2 nitrogen and oxygen atoms in total. The van der Waals surface area contributed by atoms with Crippen LogP contribution in [0.4, 0.5) is 0 Å².